The van der Waals surface area contributed by atoms with E-state index in [1.807, 2.05) is 23.9 Å². The van der Waals surface area contributed by atoms with Crippen LogP contribution in [0.4, 0.5) is 4.39 Å². The normalized spacial score (nSPS) is 11.4. The lowest BCUT2D eigenvalue weighted by molar-refractivity contribution is 0.620. The highest BCUT2D eigenvalue weighted by molar-refractivity contribution is 6.17. The van der Waals surface area contributed by atoms with Gasteiger partial charge in [0.1, 0.15) is 11.6 Å². The Balaban J connectivity index is 2.31. The molecule has 3 rings (SSSR count). The molecule has 0 spiro atoms. The summed E-state index contributed by atoms with van der Waals surface area (Å²) < 4.78 is 17.4. The molecule has 2 aromatic heterocycles. The van der Waals surface area contributed by atoms with Crippen molar-refractivity contribution >= 4 is 22.6 Å². The first-order valence-electron chi connectivity index (χ1n) is 6.32. The monoisotopic (exact) mass is 292 g/mol. The second-order valence-corrected chi connectivity index (χ2v) is 5.14. The molecule has 20 heavy (non-hydrogen) atoms. The third kappa shape index (κ3) is 2.08. The number of aromatic nitrogens is 4. The predicted octanol–water partition coefficient (Wildman–Crippen LogP) is 2.99. The fraction of sp³-hybridized carbons (Fsp3) is 0.286. The Morgan fingerprint density at radius 1 is 1.35 bits per heavy atom. The molecular formula is C14H14ClFN4. The number of benzene rings is 1. The van der Waals surface area contributed by atoms with E-state index in [9.17, 15) is 4.39 Å². The van der Waals surface area contributed by atoms with Gasteiger partial charge < -0.3 is 0 Å². The van der Waals surface area contributed by atoms with Crippen LogP contribution in [0.1, 0.15) is 11.4 Å². The predicted molar refractivity (Wildman–Crippen MR) is 77.0 cm³/mol. The number of halogens is 2. The van der Waals surface area contributed by atoms with E-state index >= 15 is 0 Å². The Morgan fingerprint density at radius 2 is 2.15 bits per heavy atom. The maximum atomic E-state index is 13.7. The summed E-state index contributed by atoms with van der Waals surface area (Å²) >= 11 is 5.84. The number of rotatable bonds is 3. The molecule has 1 aromatic carbocycles. The lowest BCUT2D eigenvalue weighted by Gasteiger charge is -2.05. The van der Waals surface area contributed by atoms with Crippen molar-refractivity contribution in [3.63, 3.8) is 0 Å². The van der Waals surface area contributed by atoms with Gasteiger partial charge in [0, 0.05) is 31.6 Å². The fourth-order valence-electron chi connectivity index (χ4n) is 2.32. The van der Waals surface area contributed by atoms with Crippen molar-refractivity contribution < 1.29 is 4.39 Å². The van der Waals surface area contributed by atoms with Gasteiger partial charge in [0.15, 0.2) is 0 Å². The van der Waals surface area contributed by atoms with Crippen molar-refractivity contribution in [1.82, 2.24) is 19.3 Å². The molecule has 0 atom stereocenters. The van der Waals surface area contributed by atoms with Crippen molar-refractivity contribution in [3.8, 4) is 5.69 Å². The second-order valence-electron chi connectivity index (χ2n) is 4.76. The van der Waals surface area contributed by atoms with E-state index in [0.29, 0.717) is 23.4 Å². The summed E-state index contributed by atoms with van der Waals surface area (Å²) in [6, 6.07) is 3.28. The van der Waals surface area contributed by atoms with Gasteiger partial charge in [-0.1, -0.05) is 0 Å². The molecule has 2 heterocycles. The average Bonchev–Trinajstić information content (AvgIpc) is 2.94. The van der Waals surface area contributed by atoms with E-state index in [2.05, 4.69) is 10.1 Å². The van der Waals surface area contributed by atoms with Crippen LogP contribution in [0.25, 0.3) is 16.7 Å². The Hall–Kier alpha value is -1.88. The third-order valence-corrected chi connectivity index (χ3v) is 3.46. The number of imidazole rings is 1. The first kappa shape index (κ1) is 13.1. The molecular weight excluding hydrogens is 279 g/mol. The number of alkyl halides is 1. The lowest BCUT2D eigenvalue weighted by Crippen LogP contribution is -2.01. The van der Waals surface area contributed by atoms with Crippen LogP contribution in [0.3, 0.4) is 0 Å². The van der Waals surface area contributed by atoms with Crippen molar-refractivity contribution in [1.29, 1.82) is 0 Å². The molecule has 0 amide bonds. The smallest absolute Gasteiger partial charge is 0.128 e. The van der Waals surface area contributed by atoms with Crippen LogP contribution >= 0.6 is 11.6 Å². The SMILES string of the molecule is Cc1cc2c(cc1F)nc(CCCl)n2-c1cnn(C)c1. The van der Waals surface area contributed by atoms with Crippen molar-refractivity contribution in [3.05, 3.63) is 41.7 Å². The molecule has 0 aliphatic carbocycles. The van der Waals surface area contributed by atoms with E-state index < -0.39 is 0 Å². The van der Waals surface area contributed by atoms with Gasteiger partial charge in [-0.2, -0.15) is 5.10 Å². The highest BCUT2D eigenvalue weighted by Gasteiger charge is 2.15. The number of aryl methyl sites for hydroxylation is 3. The van der Waals surface area contributed by atoms with Crippen LogP contribution in [0.2, 0.25) is 0 Å². The Kier molecular flexibility index (Phi) is 3.22. The van der Waals surface area contributed by atoms with Crippen LogP contribution in [0, 0.1) is 12.7 Å². The van der Waals surface area contributed by atoms with Crippen molar-refractivity contribution in [2.45, 2.75) is 13.3 Å². The summed E-state index contributed by atoms with van der Waals surface area (Å²) in [5, 5.41) is 4.18. The Labute approximate surface area is 120 Å². The number of hydrogen-bond acceptors (Lipinski definition) is 2. The molecule has 6 heteroatoms. The quantitative estimate of drug-likeness (QED) is 0.696. The first-order valence-corrected chi connectivity index (χ1v) is 6.86. The largest absolute Gasteiger partial charge is 0.293 e. The molecule has 4 nitrogen and oxygen atoms in total. The second kappa shape index (κ2) is 4.90. The van der Waals surface area contributed by atoms with Crippen LogP contribution in [0.5, 0.6) is 0 Å². The van der Waals surface area contributed by atoms with Gasteiger partial charge in [0.25, 0.3) is 0 Å². The molecule has 0 unspecified atom stereocenters. The topological polar surface area (TPSA) is 35.6 Å². The van der Waals surface area contributed by atoms with Crippen molar-refractivity contribution in [2.75, 3.05) is 5.88 Å². The van der Waals surface area contributed by atoms with Crippen LogP contribution in [-0.2, 0) is 13.5 Å². The summed E-state index contributed by atoms with van der Waals surface area (Å²) in [4.78, 5) is 4.49. The molecule has 0 aliphatic heterocycles. The van der Waals surface area contributed by atoms with Crippen LogP contribution < -0.4 is 0 Å². The summed E-state index contributed by atoms with van der Waals surface area (Å²) in [5.41, 5.74) is 3.01. The standard InChI is InChI=1S/C14H14ClFN4/c1-9-5-13-12(6-11(9)16)18-14(3-4-15)20(13)10-7-17-19(2)8-10/h5-8H,3-4H2,1-2H3. The molecule has 0 aliphatic rings. The van der Waals surface area contributed by atoms with E-state index in [1.54, 1.807) is 17.8 Å². The fourth-order valence-corrected chi connectivity index (χ4v) is 2.49. The minimum atomic E-state index is -0.245. The molecule has 104 valence electrons. The number of nitrogens with zero attached hydrogens (tertiary/aromatic N) is 4. The first-order chi connectivity index (χ1) is 9.60. The Bertz CT molecular complexity index is 775. The number of fused-ring (bicyclic) bond motifs is 1. The van der Waals surface area contributed by atoms with Gasteiger partial charge in [-0.3, -0.25) is 9.25 Å². The van der Waals surface area contributed by atoms with E-state index in [0.717, 1.165) is 17.0 Å². The van der Waals surface area contributed by atoms with Gasteiger partial charge in [0.05, 0.1) is 22.9 Å². The molecule has 0 saturated heterocycles. The molecule has 0 bridgehead atoms. The van der Waals surface area contributed by atoms with E-state index in [4.69, 9.17) is 11.6 Å². The van der Waals surface area contributed by atoms with Gasteiger partial charge in [-0.25, -0.2) is 9.37 Å². The zero-order chi connectivity index (χ0) is 14.3. The van der Waals surface area contributed by atoms with E-state index in [-0.39, 0.29) is 5.82 Å². The summed E-state index contributed by atoms with van der Waals surface area (Å²) in [5.74, 6) is 1.03. The summed E-state index contributed by atoms with van der Waals surface area (Å²) in [7, 11) is 1.86. The highest BCUT2D eigenvalue weighted by atomic mass is 35.5. The van der Waals surface area contributed by atoms with Crippen LogP contribution in [0.15, 0.2) is 24.5 Å². The van der Waals surface area contributed by atoms with E-state index in [1.165, 1.54) is 6.07 Å². The lowest BCUT2D eigenvalue weighted by atomic mass is 10.2. The summed E-state index contributed by atoms with van der Waals surface area (Å²) in [6.07, 6.45) is 4.28. The summed E-state index contributed by atoms with van der Waals surface area (Å²) in [6.45, 7) is 1.75. The number of hydrogen-bond donors (Lipinski definition) is 0. The molecule has 0 fully saturated rings. The highest BCUT2D eigenvalue weighted by Crippen LogP contribution is 2.24. The maximum Gasteiger partial charge on any atom is 0.128 e. The van der Waals surface area contributed by atoms with Gasteiger partial charge in [-0.05, 0) is 18.6 Å². The third-order valence-electron chi connectivity index (χ3n) is 3.27. The zero-order valence-electron chi connectivity index (χ0n) is 11.3. The van der Waals surface area contributed by atoms with Gasteiger partial charge in [-0.15, -0.1) is 11.6 Å². The van der Waals surface area contributed by atoms with Crippen LogP contribution in [-0.4, -0.2) is 25.2 Å². The maximum absolute atomic E-state index is 13.7. The molecule has 0 N–H and O–H groups in total. The van der Waals surface area contributed by atoms with Crippen molar-refractivity contribution in [2.24, 2.45) is 7.05 Å². The van der Waals surface area contributed by atoms with Gasteiger partial charge >= 0.3 is 0 Å². The molecule has 0 saturated carbocycles. The molecule has 3 aromatic rings. The Morgan fingerprint density at radius 3 is 2.80 bits per heavy atom. The average molecular weight is 293 g/mol. The molecule has 0 radical (unpaired) electrons. The zero-order valence-corrected chi connectivity index (χ0v) is 12.0. The minimum absolute atomic E-state index is 0.245. The van der Waals surface area contributed by atoms with Gasteiger partial charge in [0.2, 0.25) is 0 Å². The minimum Gasteiger partial charge on any atom is -0.293 e.